The Bertz CT molecular complexity index is 1150. The molecule has 0 bridgehead atoms. The van der Waals surface area contributed by atoms with Crippen LogP contribution < -0.4 is 4.74 Å². The molecule has 0 amide bonds. The number of hydrogen-bond donors (Lipinski definition) is 0. The first-order valence-corrected chi connectivity index (χ1v) is 10.1. The summed E-state index contributed by atoms with van der Waals surface area (Å²) in [5.74, 6) is -0.822. The number of aromatic nitrogens is 3. The number of halogens is 3. The van der Waals surface area contributed by atoms with Gasteiger partial charge >= 0.3 is 0 Å². The van der Waals surface area contributed by atoms with Crippen molar-refractivity contribution < 1.29 is 17.9 Å². The van der Waals surface area contributed by atoms with E-state index in [9.17, 15) is 13.2 Å². The van der Waals surface area contributed by atoms with E-state index in [4.69, 9.17) is 4.74 Å². The van der Waals surface area contributed by atoms with Crippen molar-refractivity contribution in [3.05, 3.63) is 90.2 Å². The van der Waals surface area contributed by atoms with Gasteiger partial charge in [0.2, 0.25) is 0 Å². The largest absolute Gasteiger partial charge is 0.490 e. The molecule has 0 atom stereocenters. The third-order valence-corrected chi connectivity index (χ3v) is 5.12. The maximum absolute atomic E-state index is 14.6. The molecule has 3 aromatic carbocycles. The summed E-state index contributed by atoms with van der Waals surface area (Å²) in [5, 5.41) is 8.80. The fourth-order valence-electron chi connectivity index (χ4n) is 2.86. The summed E-state index contributed by atoms with van der Waals surface area (Å²) in [4.78, 5) is 0. The third-order valence-electron chi connectivity index (χ3n) is 4.22. The van der Waals surface area contributed by atoms with Crippen molar-refractivity contribution in [3.63, 3.8) is 0 Å². The lowest BCUT2D eigenvalue weighted by molar-refractivity contribution is 0.325. The van der Waals surface area contributed by atoms with Crippen molar-refractivity contribution >= 4 is 11.8 Å². The second-order valence-electron chi connectivity index (χ2n) is 6.23. The fraction of sp³-hybridized carbons (Fsp3) is 0.0909. The lowest BCUT2D eigenvalue weighted by Gasteiger charge is -2.12. The van der Waals surface area contributed by atoms with Crippen molar-refractivity contribution in [1.29, 1.82) is 0 Å². The Kier molecular flexibility index (Phi) is 6.04. The summed E-state index contributed by atoms with van der Waals surface area (Å²) in [6, 6.07) is 18.7. The van der Waals surface area contributed by atoms with Crippen LogP contribution in [0.3, 0.4) is 0 Å². The number of thioether (sulfide) groups is 1. The Morgan fingerprint density at radius 3 is 2.37 bits per heavy atom. The van der Waals surface area contributed by atoms with Gasteiger partial charge < -0.3 is 4.74 Å². The van der Waals surface area contributed by atoms with Crippen LogP contribution in [-0.4, -0.2) is 27.1 Å². The van der Waals surface area contributed by atoms with Gasteiger partial charge in [0.1, 0.15) is 11.6 Å². The van der Waals surface area contributed by atoms with Crippen molar-refractivity contribution in [3.8, 4) is 22.8 Å². The molecular weight excluding hydrogens is 411 g/mol. The zero-order chi connectivity index (χ0) is 20.9. The molecule has 8 heteroatoms. The van der Waals surface area contributed by atoms with Crippen LogP contribution in [0.5, 0.6) is 5.75 Å². The van der Waals surface area contributed by atoms with E-state index >= 15 is 0 Å². The highest BCUT2D eigenvalue weighted by molar-refractivity contribution is 7.99. The van der Waals surface area contributed by atoms with E-state index in [-0.39, 0.29) is 18.0 Å². The second kappa shape index (κ2) is 9.04. The summed E-state index contributed by atoms with van der Waals surface area (Å²) in [5.41, 5.74) is 0.876. The molecule has 0 unspecified atom stereocenters. The highest BCUT2D eigenvalue weighted by atomic mass is 32.2. The van der Waals surface area contributed by atoms with Crippen LogP contribution in [0.1, 0.15) is 0 Å². The van der Waals surface area contributed by atoms with Gasteiger partial charge in [0.05, 0.1) is 12.3 Å². The quantitative estimate of drug-likeness (QED) is 0.288. The summed E-state index contributed by atoms with van der Waals surface area (Å²) >= 11 is 1.28. The average Bonchev–Trinajstić information content (AvgIpc) is 3.16. The van der Waals surface area contributed by atoms with E-state index in [1.807, 2.05) is 30.3 Å². The summed E-state index contributed by atoms with van der Waals surface area (Å²) in [6.07, 6.45) is 0. The highest BCUT2D eigenvalue weighted by Crippen LogP contribution is 2.29. The molecule has 0 saturated heterocycles. The SMILES string of the molecule is Fc1ccc(-n2c(SCCOc3ccccc3F)nnc2-c2ccccc2)c(F)c1. The van der Waals surface area contributed by atoms with Gasteiger partial charge in [0.15, 0.2) is 22.5 Å². The minimum absolute atomic E-state index is 0.137. The maximum Gasteiger partial charge on any atom is 0.196 e. The molecule has 0 radical (unpaired) electrons. The molecule has 0 N–H and O–H groups in total. The molecule has 0 fully saturated rings. The Morgan fingerprint density at radius 1 is 0.833 bits per heavy atom. The van der Waals surface area contributed by atoms with E-state index in [0.717, 1.165) is 11.6 Å². The Labute approximate surface area is 175 Å². The molecule has 0 saturated carbocycles. The summed E-state index contributed by atoms with van der Waals surface area (Å²) in [7, 11) is 0. The van der Waals surface area contributed by atoms with Gasteiger partial charge in [-0.25, -0.2) is 13.2 Å². The number of rotatable bonds is 7. The van der Waals surface area contributed by atoms with Gasteiger partial charge in [-0.05, 0) is 24.3 Å². The first-order chi connectivity index (χ1) is 14.6. The highest BCUT2D eigenvalue weighted by Gasteiger charge is 2.19. The van der Waals surface area contributed by atoms with Gasteiger partial charge in [-0.3, -0.25) is 4.57 Å². The normalized spacial score (nSPS) is 10.9. The Hall–Kier alpha value is -3.26. The Balaban J connectivity index is 1.60. The standard InChI is InChI=1S/C22H16F3N3OS/c23-16-10-11-19(18(25)14-16)28-21(15-6-2-1-3-7-15)26-27-22(28)30-13-12-29-20-9-5-4-8-17(20)24/h1-11,14H,12-13H2. The van der Waals surface area contributed by atoms with Gasteiger partial charge in [-0.15, -0.1) is 10.2 Å². The van der Waals surface area contributed by atoms with E-state index < -0.39 is 17.5 Å². The molecule has 4 nitrogen and oxygen atoms in total. The third kappa shape index (κ3) is 4.33. The predicted molar refractivity (Wildman–Crippen MR) is 109 cm³/mol. The zero-order valence-corrected chi connectivity index (χ0v) is 16.5. The van der Waals surface area contributed by atoms with Crippen LogP contribution in [0.4, 0.5) is 13.2 Å². The van der Waals surface area contributed by atoms with Gasteiger partial charge in [-0.1, -0.05) is 54.2 Å². The van der Waals surface area contributed by atoms with Crippen molar-refractivity contribution in [2.45, 2.75) is 5.16 Å². The first-order valence-electron chi connectivity index (χ1n) is 9.10. The van der Waals surface area contributed by atoms with Crippen molar-refractivity contribution in [2.75, 3.05) is 12.4 Å². The van der Waals surface area contributed by atoms with E-state index in [1.165, 1.54) is 34.5 Å². The maximum atomic E-state index is 14.6. The van der Waals surface area contributed by atoms with E-state index in [1.54, 1.807) is 18.2 Å². The molecule has 0 aliphatic heterocycles. The van der Waals surface area contributed by atoms with Gasteiger partial charge in [0, 0.05) is 17.4 Å². The number of ether oxygens (including phenoxy) is 1. The molecule has 0 aliphatic rings. The minimum Gasteiger partial charge on any atom is -0.490 e. The van der Waals surface area contributed by atoms with Crippen LogP contribution in [0.15, 0.2) is 78.0 Å². The molecule has 4 rings (SSSR count). The zero-order valence-electron chi connectivity index (χ0n) is 15.6. The van der Waals surface area contributed by atoms with Crippen LogP contribution in [0, 0.1) is 17.5 Å². The molecule has 4 aromatic rings. The van der Waals surface area contributed by atoms with E-state index in [2.05, 4.69) is 10.2 Å². The predicted octanol–water partition coefficient (Wildman–Crippen LogP) is 5.52. The van der Waals surface area contributed by atoms with E-state index in [0.29, 0.717) is 16.7 Å². The fourth-order valence-corrected chi connectivity index (χ4v) is 3.63. The average molecular weight is 427 g/mol. The smallest absolute Gasteiger partial charge is 0.196 e. The first kappa shape index (κ1) is 20.0. The summed E-state index contributed by atoms with van der Waals surface area (Å²) in [6.45, 7) is 0.213. The second-order valence-corrected chi connectivity index (χ2v) is 7.29. The van der Waals surface area contributed by atoms with Crippen LogP contribution in [0.2, 0.25) is 0 Å². The Morgan fingerprint density at radius 2 is 1.60 bits per heavy atom. The number of benzene rings is 3. The topological polar surface area (TPSA) is 39.9 Å². The van der Waals surface area contributed by atoms with Gasteiger partial charge in [-0.2, -0.15) is 0 Å². The van der Waals surface area contributed by atoms with Crippen molar-refractivity contribution in [2.24, 2.45) is 0 Å². The molecule has 1 heterocycles. The number of para-hydroxylation sites is 1. The molecule has 0 spiro atoms. The number of hydrogen-bond acceptors (Lipinski definition) is 4. The molecule has 1 aromatic heterocycles. The van der Waals surface area contributed by atoms with Gasteiger partial charge in [0.25, 0.3) is 0 Å². The van der Waals surface area contributed by atoms with Crippen LogP contribution >= 0.6 is 11.8 Å². The molecule has 152 valence electrons. The minimum atomic E-state index is -0.726. The molecular formula is C22H16F3N3OS. The number of nitrogens with zero attached hydrogens (tertiary/aromatic N) is 3. The van der Waals surface area contributed by atoms with Crippen LogP contribution in [0.25, 0.3) is 17.1 Å². The van der Waals surface area contributed by atoms with Crippen LogP contribution in [-0.2, 0) is 0 Å². The van der Waals surface area contributed by atoms with Crippen molar-refractivity contribution in [1.82, 2.24) is 14.8 Å². The summed E-state index contributed by atoms with van der Waals surface area (Å²) < 4.78 is 48.6. The molecule has 30 heavy (non-hydrogen) atoms. The monoisotopic (exact) mass is 427 g/mol. The lowest BCUT2D eigenvalue weighted by Crippen LogP contribution is -2.05. The molecule has 0 aliphatic carbocycles. The lowest BCUT2D eigenvalue weighted by atomic mass is 10.2.